The molecule has 4 nitrogen and oxygen atoms in total. The van der Waals surface area contributed by atoms with Gasteiger partial charge in [-0.1, -0.05) is 35.9 Å². The van der Waals surface area contributed by atoms with Crippen molar-refractivity contribution in [1.82, 2.24) is 14.6 Å². The summed E-state index contributed by atoms with van der Waals surface area (Å²) in [5.74, 6) is 0. The molecule has 20 heavy (non-hydrogen) atoms. The molecule has 1 aromatic carbocycles. The molecule has 0 atom stereocenters. The predicted octanol–water partition coefficient (Wildman–Crippen LogP) is 3.79. The molecular weight excluding hydrogens is 294 g/mol. The molecule has 0 saturated heterocycles. The Balaban J connectivity index is 2.22. The molecule has 0 N–H and O–H groups in total. The minimum Gasteiger partial charge on any atom is -0.296 e. The molecule has 0 radical (unpaired) electrons. The van der Waals surface area contributed by atoms with Crippen molar-refractivity contribution in [3.05, 3.63) is 39.5 Å². The molecule has 0 fully saturated rings. The molecule has 6 heteroatoms. The minimum atomic E-state index is 0.484. The van der Waals surface area contributed by atoms with Gasteiger partial charge in [0.25, 0.3) is 0 Å². The number of carbonyl (C=O) groups is 1. The van der Waals surface area contributed by atoms with Crippen molar-refractivity contribution in [2.24, 2.45) is 0 Å². The van der Waals surface area contributed by atoms with Gasteiger partial charge in [-0.25, -0.2) is 4.98 Å². The highest BCUT2D eigenvalue weighted by Gasteiger charge is 2.17. The van der Waals surface area contributed by atoms with Gasteiger partial charge in [0.2, 0.25) is 4.96 Å². The molecule has 2 heterocycles. The number of carbonyl (C=O) groups excluding carboxylic acids is 1. The van der Waals surface area contributed by atoms with Gasteiger partial charge in [0.05, 0.1) is 0 Å². The van der Waals surface area contributed by atoms with Crippen LogP contribution in [0.5, 0.6) is 0 Å². The Morgan fingerprint density at radius 2 is 2.25 bits per heavy atom. The fourth-order valence-corrected chi connectivity index (χ4v) is 3.01. The zero-order valence-corrected chi connectivity index (χ0v) is 12.6. The molecule has 0 amide bonds. The quantitative estimate of drug-likeness (QED) is 0.692. The van der Waals surface area contributed by atoms with Crippen molar-refractivity contribution >= 4 is 34.2 Å². The van der Waals surface area contributed by atoms with Crippen LogP contribution in [0.3, 0.4) is 0 Å². The lowest BCUT2D eigenvalue weighted by Crippen LogP contribution is -1.95. The van der Waals surface area contributed by atoms with Gasteiger partial charge in [-0.3, -0.25) is 4.79 Å². The fourth-order valence-electron chi connectivity index (χ4n) is 2.06. The van der Waals surface area contributed by atoms with Crippen LogP contribution < -0.4 is 0 Å². The van der Waals surface area contributed by atoms with Gasteiger partial charge in [0, 0.05) is 10.6 Å². The number of rotatable bonds is 3. The largest absolute Gasteiger partial charge is 0.296 e. The lowest BCUT2D eigenvalue weighted by Gasteiger charge is -2.02. The van der Waals surface area contributed by atoms with Gasteiger partial charge < -0.3 is 0 Å². The van der Waals surface area contributed by atoms with Crippen LogP contribution in [0, 0.1) is 6.92 Å². The lowest BCUT2D eigenvalue weighted by atomic mass is 10.1. The second-order valence-electron chi connectivity index (χ2n) is 4.47. The second kappa shape index (κ2) is 5.00. The Labute approximate surface area is 125 Å². The van der Waals surface area contributed by atoms with Gasteiger partial charge in [-0.2, -0.15) is 9.61 Å². The highest BCUT2D eigenvalue weighted by Crippen LogP contribution is 2.28. The molecule has 102 valence electrons. The number of nitrogens with zero attached hydrogens (tertiary/aromatic N) is 3. The summed E-state index contributed by atoms with van der Waals surface area (Å²) in [5, 5.41) is 6.07. The number of imidazole rings is 1. The van der Waals surface area contributed by atoms with E-state index >= 15 is 0 Å². The van der Waals surface area contributed by atoms with E-state index in [0.29, 0.717) is 16.4 Å². The Morgan fingerprint density at radius 1 is 1.45 bits per heavy atom. The topological polar surface area (TPSA) is 47.3 Å². The van der Waals surface area contributed by atoms with Crippen molar-refractivity contribution in [3.63, 3.8) is 0 Å². The maximum absolute atomic E-state index is 11.4. The van der Waals surface area contributed by atoms with Crippen LogP contribution in [0.1, 0.15) is 28.0 Å². The van der Waals surface area contributed by atoms with E-state index in [1.807, 2.05) is 32.0 Å². The highest BCUT2D eigenvalue weighted by molar-refractivity contribution is 7.16. The summed E-state index contributed by atoms with van der Waals surface area (Å²) < 4.78 is 1.62. The summed E-state index contributed by atoms with van der Waals surface area (Å²) in [6.45, 7) is 3.96. The molecule has 0 saturated carbocycles. The van der Waals surface area contributed by atoms with Crippen LogP contribution in [0.2, 0.25) is 5.02 Å². The van der Waals surface area contributed by atoms with Crippen LogP contribution in [0.25, 0.3) is 16.2 Å². The summed E-state index contributed by atoms with van der Waals surface area (Å²) in [5.41, 5.74) is 2.98. The first kappa shape index (κ1) is 13.3. The molecule has 3 rings (SSSR count). The zero-order valence-electron chi connectivity index (χ0n) is 11.1. The Kier molecular flexibility index (Phi) is 3.31. The first-order valence-electron chi connectivity index (χ1n) is 6.24. The summed E-state index contributed by atoms with van der Waals surface area (Å²) in [7, 11) is 0. The number of aromatic nitrogens is 3. The number of aryl methyl sites for hydroxylation is 2. The van der Waals surface area contributed by atoms with Crippen LogP contribution in [-0.4, -0.2) is 20.9 Å². The molecule has 0 unspecified atom stereocenters. The van der Waals surface area contributed by atoms with Crippen molar-refractivity contribution in [1.29, 1.82) is 0 Å². The number of hydrogen-bond acceptors (Lipinski definition) is 4. The summed E-state index contributed by atoms with van der Waals surface area (Å²) in [6.07, 6.45) is 1.64. The van der Waals surface area contributed by atoms with E-state index in [1.165, 1.54) is 11.3 Å². The molecule has 0 aliphatic heterocycles. The molecule has 2 aromatic heterocycles. The van der Waals surface area contributed by atoms with E-state index < -0.39 is 0 Å². The van der Waals surface area contributed by atoms with E-state index in [0.717, 1.165) is 33.8 Å². The van der Waals surface area contributed by atoms with E-state index in [4.69, 9.17) is 11.6 Å². The van der Waals surface area contributed by atoms with Crippen LogP contribution in [0.15, 0.2) is 18.2 Å². The van der Waals surface area contributed by atoms with Gasteiger partial charge in [0.1, 0.15) is 16.4 Å². The lowest BCUT2D eigenvalue weighted by molar-refractivity contribution is 0.111. The average molecular weight is 306 g/mol. The number of benzene rings is 1. The Morgan fingerprint density at radius 3 is 2.90 bits per heavy atom. The van der Waals surface area contributed by atoms with Crippen molar-refractivity contribution in [2.75, 3.05) is 0 Å². The van der Waals surface area contributed by atoms with Gasteiger partial charge in [-0.15, -0.1) is 0 Å². The van der Waals surface area contributed by atoms with E-state index in [2.05, 4.69) is 10.1 Å². The standard InChI is InChI=1S/C14H12ClN3OS/c1-3-12-17-18-11(7-19)13(16-14(18)20-12)9-4-5-10(15)8(2)6-9/h4-7H,3H2,1-2H3. The molecule has 0 aliphatic rings. The third-order valence-corrected chi connectivity index (χ3v) is 4.60. The molecule has 0 bridgehead atoms. The summed E-state index contributed by atoms with van der Waals surface area (Å²) in [4.78, 5) is 16.7. The molecule has 3 aromatic rings. The van der Waals surface area contributed by atoms with Crippen LogP contribution in [-0.2, 0) is 6.42 Å². The number of halogens is 1. The van der Waals surface area contributed by atoms with Gasteiger partial charge in [0.15, 0.2) is 6.29 Å². The normalized spacial score (nSPS) is 11.2. The van der Waals surface area contributed by atoms with Crippen molar-refractivity contribution in [3.8, 4) is 11.3 Å². The zero-order chi connectivity index (χ0) is 14.3. The Bertz CT molecular complexity index is 806. The monoisotopic (exact) mass is 305 g/mol. The average Bonchev–Trinajstić information content (AvgIpc) is 2.98. The van der Waals surface area contributed by atoms with Crippen molar-refractivity contribution in [2.45, 2.75) is 20.3 Å². The van der Waals surface area contributed by atoms with Crippen LogP contribution in [0.4, 0.5) is 0 Å². The third-order valence-electron chi connectivity index (χ3n) is 3.13. The first-order valence-corrected chi connectivity index (χ1v) is 7.43. The molecule has 0 aliphatic carbocycles. The maximum Gasteiger partial charge on any atom is 0.213 e. The maximum atomic E-state index is 11.4. The van der Waals surface area contributed by atoms with Crippen LogP contribution >= 0.6 is 22.9 Å². The number of fused-ring (bicyclic) bond motifs is 1. The van der Waals surface area contributed by atoms with Gasteiger partial charge in [-0.05, 0) is 31.0 Å². The summed E-state index contributed by atoms with van der Waals surface area (Å²) in [6, 6.07) is 5.62. The third kappa shape index (κ3) is 2.03. The molecule has 0 spiro atoms. The summed E-state index contributed by atoms with van der Waals surface area (Å²) >= 11 is 7.54. The van der Waals surface area contributed by atoms with E-state index in [-0.39, 0.29) is 0 Å². The SMILES string of the molecule is CCc1nn2c(C=O)c(-c3ccc(Cl)c(C)c3)nc2s1. The number of aldehydes is 1. The second-order valence-corrected chi connectivity index (χ2v) is 5.92. The Hall–Kier alpha value is -1.72. The van der Waals surface area contributed by atoms with Gasteiger partial charge >= 0.3 is 0 Å². The fraction of sp³-hybridized carbons (Fsp3) is 0.214. The minimum absolute atomic E-state index is 0.484. The first-order chi connectivity index (χ1) is 9.63. The highest BCUT2D eigenvalue weighted by atomic mass is 35.5. The van der Waals surface area contributed by atoms with Crippen molar-refractivity contribution < 1.29 is 4.79 Å². The predicted molar refractivity (Wildman–Crippen MR) is 80.8 cm³/mol. The van der Waals surface area contributed by atoms with E-state index in [9.17, 15) is 4.79 Å². The van der Waals surface area contributed by atoms with E-state index in [1.54, 1.807) is 4.52 Å². The number of hydrogen-bond donors (Lipinski definition) is 0. The molecular formula is C14H12ClN3OS. The smallest absolute Gasteiger partial charge is 0.213 e.